The van der Waals surface area contributed by atoms with E-state index in [4.69, 9.17) is 0 Å². The first-order chi connectivity index (χ1) is 9.38. The highest BCUT2D eigenvalue weighted by Gasteiger charge is 2.18. The second kappa shape index (κ2) is 7.31. The fourth-order valence-electron chi connectivity index (χ4n) is 1.98. The number of pyridine rings is 1. The molecule has 1 amide bonds. The minimum absolute atomic E-state index is 0.116. The normalized spacial score (nSPS) is 13.6. The third kappa shape index (κ3) is 4.21. The van der Waals surface area contributed by atoms with E-state index in [1.54, 1.807) is 18.5 Å². The van der Waals surface area contributed by atoms with Crippen molar-refractivity contribution in [3.05, 3.63) is 66.5 Å². The molecule has 1 fully saturated rings. The van der Waals surface area contributed by atoms with Gasteiger partial charge in [0.1, 0.15) is 0 Å². The molecule has 1 aliphatic heterocycles. The zero-order chi connectivity index (χ0) is 13.3. The number of carbonyl (C=O) groups excluding carboxylic acids is 1. The Morgan fingerprint density at radius 2 is 1.53 bits per heavy atom. The summed E-state index contributed by atoms with van der Waals surface area (Å²) in [6.07, 6.45) is 5.57. The minimum atomic E-state index is 0.116. The van der Waals surface area contributed by atoms with Gasteiger partial charge in [-0.3, -0.25) is 9.78 Å². The third-order valence-electron chi connectivity index (χ3n) is 2.97. The molecule has 98 valence electrons. The number of hydrogen-bond donors (Lipinski definition) is 0. The van der Waals surface area contributed by atoms with Crippen molar-refractivity contribution in [2.24, 2.45) is 0 Å². The smallest absolute Gasteiger partial charge is 0.255 e. The Hall–Kier alpha value is -2.16. The van der Waals surface area contributed by atoms with E-state index in [9.17, 15) is 4.79 Å². The van der Waals surface area contributed by atoms with E-state index in [2.05, 4.69) is 4.98 Å². The minimum Gasteiger partial charge on any atom is -0.339 e. The molecular formula is C16H18N2O. The van der Waals surface area contributed by atoms with Crippen molar-refractivity contribution in [1.29, 1.82) is 0 Å². The molecule has 0 atom stereocenters. The van der Waals surface area contributed by atoms with Crippen LogP contribution in [0.25, 0.3) is 0 Å². The molecule has 3 heteroatoms. The molecule has 0 spiro atoms. The number of likely N-dealkylation sites (tertiary alicyclic amines) is 1. The lowest BCUT2D eigenvalue weighted by molar-refractivity contribution is 0.0792. The van der Waals surface area contributed by atoms with E-state index in [0.29, 0.717) is 5.56 Å². The van der Waals surface area contributed by atoms with Crippen molar-refractivity contribution >= 4 is 5.91 Å². The van der Waals surface area contributed by atoms with Crippen molar-refractivity contribution in [3.8, 4) is 0 Å². The fourth-order valence-corrected chi connectivity index (χ4v) is 1.98. The maximum absolute atomic E-state index is 11.7. The molecule has 2 heterocycles. The molecule has 0 unspecified atom stereocenters. The predicted octanol–water partition coefficient (Wildman–Crippen LogP) is 3.00. The number of carbonyl (C=O) groups is 1. The number of benzene rings is 1. The quantitative estimate of drug-likeness (QED) is 0.783. The molecular weight excluding hydrogens is 236 g/mol. The highest BCUT2D eigenvalue weighted by molar-refractivity contribution is 5.93. The molecule has 2 aromatic rings. The summed E-state index contributed by atoms with van der Waals surface area (Å²) in [6.45, 7) is 1.79. The number of amides is 1. The summed E-state index contributed by atoms with van der Waals surface area (Å²) in [4.78, 5) is 17.5. The number of rotatable bonds is 1. The lowest BCUT2D eigenvalue weighted by Crippen LogP contribution is -2.27. The summed E-state index contributed by atoms with van der Waals surface area (Å²) in [5, 5.41) is 0. The molecule has 1 saturated heterocycles. The molecule has 3 rings (SSSR count). The van der Waals surface area contributed by atoms with Gasteiger partial charge in [-0.05, 0) is 25.0 Å². The maximum Gasteiger partial charge on any atom is 0.255 e. The summed E-state index contributed by atoms with van der Waals surface area (Å²) < 4.78 is 0. The van der Waals surface area contributed by atoms with Crippen molar-refractivity contribution in [3.63, 3.8) is 0 Å². The van der Waals surface area contributed by atoms with Gasteiger partial charge in [-0.15, -0.1) is 0 Å². The van der Waals surface area contributed by atoms with Gasteiger partial charge in [-0.2, -0.15) is 0 Å². The van der Waals surface area contributed by atoms with E-state index in [1.165, 1.54) is 0 Å². The predicted molar refractivity (Wildman–Crippen MR) is 75.8 cm³/mol. The summed E-state index contributed by atoms with van der Waals surface area (Å²) in [5.74, 6) is 0.116. The molecule has 0 aliphatic carbocycles. The van der Waals surface area contributed by atoms with E-state index in [1.807, 2.05) is 47.4 Å². The Balaban J connectivity index is 0.000000186. The molecule has 1 aromatic carbocycles. The van der Waals surface area contributed by atoms with E-state index < -0.39 is 0 Å². The first kappa shape index (κ1) is 13.3. The second-order valence-electron chi connectivity index (χ2n) is 4.40. The topological polar surface area (TPSA) is 33.2 Å². The first-order valence-corrected chi connectivity index (χ1v) is 6.57. The standard InChI is InChI=1S/C10H12N2O.C6H6/c13-10(12-6-1-2-7-12)9-4-3-5-11-8-9;1-2-4-6-5-3-1/h3-5,8H,1-2,6-7H2;1-6H. The van der Waals surface area contributed by atoms with Crippen LogP contribution in [0.5, 0.6) is 0 Å². The van der Waals surface area contributed by atoms with Crippen LogP contribution in [0.3, 0.4) is 0 Å². The van der Waals surface area contributed by atoms with Gasteiger partial charge in [-0.1, -0.05) is 36.4 Å². The number of aromatic nitrogens is 1. The summed E-state index contributed by atoms with van der Waals surface area (Å²) in [6, 6.07) is 15.6. The summed E-state index contributed by atoms with van der Waals surface area (Å²) in [5.41, 5.74) is 0.699. The van der Waals surface area contributed by atoms with Gasteiger partial charge >= 0.3 is 0 Å². The van der Waals surface area contributed by atoms with Gasteiger partial charge in [-0.25, -0.2) is 0 Å². The van der Waals surface area contributed by atoms with Crippen molar-refractivity contribution in [1.82, 2.24) is 9.88 Å². The van der Waals surface area contributed by atoms with E-state index in [-0.39, 0.29) is 5.91 Å². The van der Waals surface area contributed by atoms with Crippen LogP contribution in [0.1, 0.15) is 23.2 Å². The van der Waals surface area contributed by atoms with Crippen molar-refractivity contribution in [2.45, 2.75) is 12.8 Å². The maximum atomic E-state index is 11.7. The van der Waals surface area contributed by atoms with Crippen LogP contribution in [0.15, 0.2) is 60.9 Å². The number of nitrogens with zero attached hydrogens (tertiary/aromatic N) is 2. The second-order valence-corrected chi connectivity index (χ2v) is 4.40. The molecule has 19 heavy (non-hydrogen) atoms. The largest absolute Gasteiger partial charge is 0.339 e. The molecule has 1 aromatic heterocycles. The van der Waals surface area contributed by atoms with Crippen LogP contribution in [-0.2, 0) is 0 Å². The molecule has 0 radical (unpaired) electrons. The average molecular weight is 254 g/mol. The molecule has 0 saturated carbocycles. The van der Waals surface area contributed by atoms with Crippen LogP contribution >= 0.6 is 0 Å². The Morgan fingerprint density at radius 3 is 2.00 bits per heavy atom. The van der Waals surface area contributed by atoms with E-state index in [0.717, 1.165) is 25.9 Å². The zero-order valence-electron chi connectivity index (χ0n) is 10.9. The van der Waals surface area contributed by atoms with Gasteiger partial charge in [0.15, 0.2) is 0 Å². The average Bonchev–Trinajstić information content (AvgIpc) is 3.04. The highest BCUT2D eigenvalue weighted by Crippen LogP contribution is 2.11. The van der Waals surface area contributed by atoms with Gasteiger partial charge in [0.05, 0.1) is 5.56 Å². The van der Waals surface area contributed by atoms with Crippen molar-refractivity contribution in [2.75, 3.05) is 13.1 Å². The highest BCUT2D eigenvalue weighted by atomic mass is 16.2. The lowest BCUT2D eigenvalue weighted by atomic mass is 10.2. The monoisotopic (exact) mass is 254 g/mol. The molecule has 0 N–H and O–H groups in total. The molecule has 0 bridgehead atoms. The van der Waals surface area contributed by atoms with E-state index >= 15 is 0 Å². The lowest BCUT2D eigenvalue weighted by Gasteiger charge is -2.14. The van der Waals surface area contributed by atoms with Gasteiger partial charge < -0.3 is 4.90 Å². The Bertz CT molecular complexity index is 452. The Morgan fingerprint density at radius 1 is 0.947 bits per heavy atom. The van der Waals surface area contributed by atoms with Crippen LogP contribution in [0, 0.1) is 0 Å². The zero-order valence-corrected chi connectivity index (χ0v) is 10.9. The van der Waals surface area contributed by atoms with Crippen LogP contribution in [0.4, 0.5) is 0 Å². The SMILES string of the molecule is O=C(c1cccnc1)N1CCCC1.c1ccccc1. The number of hydrogen-bond acceptors (Lipinski definition) is 2. The van der Waals surface area contributed by atoms with Crippen LogP contribution < -0.4 is 0 Å². The van der Waals surface area contributed by atoms with Gasteiger partial charge in [0.2, 0.25) is 0 Å². The summed E-state index contributed by atoms with van der Waals surface area (Å²) in [7, 11) is 0. The van der Waals surface area contributed by atoms with Crippen molar-refractivity contribution < 1.29 is 4.79 Å². The Kier molecular flexibility index (Phi) is 5.11. The van der Waals surface area contributed by atoms with Crippen LogP contribution in [0.2, 0.25) is 0 Å². The van der Waals surface area contributed by atoms with Gasteiger partial charge in [0.25, 0.3) is 5.91 Å². The first-order valence-electron chi connectivity index (χ1n) is 6.57. The molecule has 3 nitrogen and oxygen atoms in total. The third-order valence-corrected chi connectivity index (χ3v) is 2.97. The van der Waals surface area contributed by atoms with Crippen LogP contribution in [-0.4, -0.2) is 28.9 Å². The fraction of sp³-hybridized carbons (Fsp3) is 0.250. The molecule has 1 aliphatic rings. The summed E-state index contributed by atoms with van der Waals surface area (Å²) >= 11 is 0. The van der Waals surface area contributed by atoms with Gasteiger partial charge in [0, 0.05) is 25.5 Å². The Labute approximate surface area is 113 Å².